The normalized spacial score (nSPS) is 20.7. The van der Waals surface area contributed by atoms with E-state index in [9.17, 15) is 18.0 Å². The Kier molecular flexibility index (Phi) is 6.36. The third-order valence-electron chi connectivity index (χ3n) is 7.65. The van der Waals surface area contributed by atoms with Crippen LogP contribution in [0.2, 0.25) is 0 Å². The van der Waals surface area contributed by atoms with Gasteiger partial charge in [0.25, 0.3) is 0 Å². The number of carbonyl (C=O) groups excluding carboxylic acids is 1. The molecule has 0 fully saturated rings. The Morgan fingerprint density at radius 1 is 0.974 bits per heavy atom. The van der Waals surface area contributed by atoms with E-state index in [4.69, 9.17) is 4.74 Å². The number of alkyl halides is 3. The zero-order valence-corrected chi connectivity index (χ0v) is 22.0. The first-order chi connectivity index (χ1) is 17.9. The van der Waals surface area contributed by atoms with E-state index in [2.05, 4.69) is 18.8 Å². The molecule has 198 valence electrons. The van der Waals surface area contributed by atoms with Gasteiger partial charge in [-0.2, -0.15) is 13.2 Å². The van der Waals surface area contributed by atoms with Crippen LogP contribution in [0.15, 0.2) is 78.1 Å². The highest BCUT2D eigenvalue weighted by atomic mass is 19.4. The van der Waals surface area contributed by atoms with Crippen LogP contribution in [0.3, 0.4) is 0 Å². The molecule has 0 saturated carbocycles. The number of benzene rings is 2. The molecule has 0 unspecified atom stereocenters. The number of allylic oxidation sites excluding steroid dienone is 2. The molecule has 2 heterocycles. The Morgan fingerprint density at radius 3 is 2.29 bits per heavy atom. The Hall–Kier alpha value is -3.61. The van der Waals surface area contributed by atoms with E-state index >= 15 is 0 Å². The molecule has 5 rings (SSSR count). The molecule has 0 radical (unpaired) electrons. The molecule has 38 heavy (non-hydrogen) atoms. The summed E-state index contributed by atoms with van der Waals surface area (Å²) >= 11 is 0. The van der Waals surface area contributed by atoms with Gasteiger partial charge in [0.2, 0.25) is 0 Å². The van der Waals surface area contributed by atoms with Crippen molar-refractivity contribution in [3.8, 4) is 5.75 Å². The lowest BCUT2D eigenvalue weighted by Gasteiger charge is -2.48. The molecule has 3 aromatic rings. The Labute approximate surface area is 221 Å². The predicted octanol–water partition coefficient (Wildman–Crippen LogP) is 7.16. The number of pyridine rings is 1. The minimum atomic E-state index is -4.37. The third kappa shape index (κ3) is 4.70. The van der Waals surface area contributed by atoms with Gasteiger partial charge >= 0.3 is 6.18 Å². The van der Waals surface area contributed by atoms with Crippen molar-refractivity contribution in [2.45, 2.75) is 58.2 Å². The molecule has 0 saturated heterocycles. The Balaban J connectivity index is 1.76. The van der Waals surface area contributed by atoms with Crippen LogP contribution in [0.4, 0.5) is 19.0 Å². The van der Waals surface area contributed by atoms with Crippen molar-refractivity contribution in [3.05, 3.63) is 100 Å². The summed E-state index contributed by atoms with van der Waals surface area (Å²) in [5.74, 6) is 1.34. The van der Waals surface area contributed by atoms with E-state index in [0.29, 0.717) is 36.3 Å². The van der Waals surface area contributed by atoms with Crippen molar-refractivity contribution in [1.29, 1.82) is 0 Å². The number of nitrogens with zero attached hydrogens (tertiary/aromatic N) is 2. The molecular formula is C31H31F3N2O2. The van der Waals surface area contributed by atoms with Gasteiger partial charge in [0.1, 0.15) is 11.6 Å². The second kappa shape index (κ2) is 9.29. The fourth-order valence-electron chi connectivity index (χ4n) is 5.92. The number of anilines is 1. The molecule has 0 N–H and O–H groups in total. The topological polar surface area (TPSA) is 42.4 Å². The fraction of sp³-hybridized carbons (Fsp3) is 0.355. The van der Waals surface area contributed by atoms with E-state index in [1.807, 2.05) is 66.4 Å². The molecule has 1 aromatic heterocycles. The van der Waals surface area contributed by atoms with Crippen LogP contribution in [-0.2, 0) is 23.2 Å². The third-order valence-corrected chi connectivity index (χ3v) is 7.65. The zero-order chi connectivity index (χ0) is 27.3. The van der Waals surface area contributed by atoms with Gasteiger partial charge in [0.15, 0.2) is 5.78 Å². The molecule has 7 heteroatoms. The van der Waals surface area contributed by atoms with E-state index < -0.39 is 18.0 Å². The van der Waals surface area contributed by atoms with Gasteiger partial charge in [0.05, 0.1) is 18.9 Å². The van der Waals surface area contributed by atoms with Gasteiger partial charge < -0.3 is 9.64 Å². The van der Waals surface area contributed by atoms with E-state index in [-0.39, 0.29) is 16.8 Å². The van der Waals surface area contributed by atoms with Gasteiger partial charge in [0, 0.05) is 36.0 Å². The predicted molar refractivity (Wildman–Crippen MR) is 141 cm³/mol. The van der Waals surface area contributed by atoms with E-state index in [1.165, 1.54) is 6.20 Å². The number of carbonyl (C=O) groups is 1. The maximum atomic E-state index is 13.9. The molecule has 0 bridgehead atoms. The van der Waals surface area contributed by atoms with E-state index in [1.54, 1.807) is 13.2 Å². The summed E-state index contributed by atoms with van der Waals surface area (Å²) in [6, 6.07) is 18.8. The second-order valence-electron chi connectivity index (χ2n) is 11.2. The van der Waals surface area contributed by atoms with Crippen molar-refractivity contribution in [1.82, 2.24) is 4.98 Å². The number of hydrogen-bond acceptors (Lipinski definition) is 4. The van der Waals surface area contributed by atoms with Gasteiger partial charge in [-0.05, 0) is 53.6 Å². The maximum Gasteiger partial charge on any atom is 0.393 e. The summed E-state index contributed by atoms with van der Waals surface area (Å²) < 4.78 is 45.6. The average Bonchev–Trinajstić information content (AvgIpc) is 2.85. The number of hydrogen-bond donors (Lipinski definition) is 0. The first kappa shape index (κ1) is 26.0. The minimum Gasteiger partial charge on any atom is -0.497 e. The highest BCUT2D eigenvalue weighted by Gasteiger charge is 2.50. The first-order valence-electron chi connectivity index (χ1n) is 12.7. The fourth-order valence-corrected chi connectivity index (χ4v) is 5.92. The van der Waals surface area contributed by atoms with Crippen LogP contribution in [0.1, 0.15) is 55.9 Å². The minimum absolute atomic E-state index is 0.0224. The number of rotatable bonds is 5. The van der Waals surface area contributed by atoms with Crippen molar-refractivity contribution < 1.29 is 22.7 Å². The second-order valence-corrected chi connectivity index (χ2v) is 11.2. The van der Waals surface area contributed by atoms with Crippen molar-refractivity contribution in [2.75, 3.05) is 12.0 Å². The summed E-state index contributed by atoms with van der Waals surface area (Å²) in [7, 11) is 1.61. The van der Waals surface area contributed by atoms with E-state index in [0.717, 1.165) is 22.6 Å². The molecular weight excluding hydrogens is 489 g/mol. The van der Waals surface area contributed by atoms with Crippen LogP contribution in [0.5, 0.6) is 5.75 Å². The Morgan fingerprint density at radius 2 is 1.66 bits per heavy atom. The molecule has 2 aliphatic rings. The van der Waals surface area contributed by atoms with Crippen molar-refractivity contribution in [3.63, 3.8) is 0 Å². The number of aromatic nitrogens is 1. The number of fused-ring (bicyclic) bond motifs is 1. The SMILES string of the molecule is COc1ccc(CN2C3=C(C(=O)CC(C)(C)C3)[C@@](C)(c3ccccc3)c3cc(CC(F)(F)F)cnc32)cc1. The van der Waals surface area contributed by atoms with Crippen LogP contribution in [0, 0.1) is 5.41 Å². The molecule has 1 atom stereocenters. The lowest BCUT2D eigenvalue weighted by atomic mass is 9.61. The van der Waals surface area contributed by atoms with Crippen molar-refractivity contribution in [2.24, 2.45) is 5.41 Å². The summed E-state index contributed by atoms with van der Waals surface area (Å²) in [4.78, 5) is 20.6. The van der Waals surface area contributed by atoms with Gasteiger partial charge in [-0.1, -0.05) is 56.3 Å². The van der Waals surface area contributed by atoms with Gasteiger partial charge in [-0.25, -0.2) is 4.98 Å². The Bertz CT molecular complexity index is 1390. The maximum absolute atomic E-state index is 13.9. The first-order valence-corrected chi connectivity index (χ1v) is 12.7. The quantitative estimate of drug-likeness (QED) is 0.358. The van der Waals surface area contributed by atoms with Crippen molar-refractivity contribution >= 4 is 11.6 Å². The number of ether oxygens (including phenoxy) is 1. The number of halogens is 3. The summed E-state index contributed by atoms with van der Waals surface area (Å²) in [5, 5.41) is 0. The molecule has 1 aliphatic heterocycles. The number of Topliss-reactive ketones (excluding diaryl/α,β-unsaturated/α-hetero) is 1. The lowest BCUT2D eigenvalue weighted by Crippen LogP contribution is -2.46. The molecule has 0 spiro atoms. The number of ketones is 1. The van der Waals surface area contributed by atoms with Crippen LogP contribution in [-0.4, -0.2) is 24.1 Å². The average molecular weight is 521 g/mol. The molecule has 1 aliphatic carbocycles. The summed E-state index contributed by atoms with van der Waals surface area (Å²) in [5.41, 5.74) is 2.86. The van der Waals surface area contributed by atoms with Crippen LogP contribution in [0.25, 0.3) is 0 Å². The van der Waals surface area contributed by atoms with Gasteiger partial charge in [-0.3, -0.25) is 4.79 Å². The summed E-state index contributed by atoms with van der Waals surface area (Å²) in [6.07, 6.45) is -3.11. The lowest BCUT2D eigenvalue weighted by molar-refractivity contribution is -0.127. The molecule has 0 amide bonds. The highest BCUT2D eigenvalue weighted by molar-refractivity contribution is 6.03. The monoisotopic (exact) mass is 520 g/mol. The highest BCUT2D eigenvalue weighted by Crippen LogP contribution is 2.54. The standard InChI is InChI=1S/C31H31F3N2O2/c1-29(2)16-25-27(26(37)17-29)30(3,22-8-6-5-7-9-22)24-14-21(15-31(32,33)34)18-35-28(24)36(25)19-20-10-12-23(38-4)13-11-20/h5-14,18H,15-17,19H2,1-4H3/t30-/m0/s1. The number of methoxy groups -OCH3 is 1. The molecule has 4 nitrogen and oxygen atoms in total. The van der Waals surface area contributed by atoms with Gasteiger partial charge in [-0.15, -0.1) is 0 Å². The van der Waals surface area contributed by atoms with Crippen LogP contribution < -0.4 is 9.64 Å². The zero-order valence-electron chi connectivity index (χ0n) is 22.0. The summed E-state index contributed by atoms with van der Waals surface area (Å²) in [6.45, 7) is 6.54. The van der Waals surface area contributed by atoms with Crippen LogP contribution >= 0.6 is 0 Å². The largest absolute Gasteiger partial charge is 0.497 e. The molecule has 2 aromatic carbocycles. The smallest absolute Gasteiger partial charge is 0.393 e.